The molecule has 0 aliphatic carbocycles. The zero-order valence-corrected chi connectivity index (χ0v) is 19.7. The van der Waals surface area contributed by atoms with Crippen molar-refractivity contribution in [2.75, 3.05) is 19.7 Å². The average molecular weight is 503 g/mol. The van der Waals surface area contributed by atoms with E-state index in [4.69, 9.17) is 4.84 Å². The van der Waals surface area contributed by atoms with Crippen molar-refractivity contribution in [2.45, 2.75) is 38.8 Å². The van der Waals surface area contributed by atoms with Gasteiger partial charge in [-0.3, -0.25) is 19.2 Å². The van der Waals surface area contributed by atoms with Crippen LogP contribution in [0.4, 0.5) is 17.6 Å². The molecule has 4 rings (SSSR count). The lowest BCUT2D eigenvalue weighted by Gasteiger charge is -2.32. The molecule has 0 N–H and O–H groups in total. The second-order valence-electron chi connectivity index (χ2n) is 8.57. The van der Waals surface area contributed by atoms with Crippen LogP contribution in [0.3, 0.4) is 0 Å². The number of hydrogen-bond donors (Lipinski definition) is 0. The Balaban J connectivity index is 1.41. The quantitative estimate of drug-likeness (QED) is 0.245. The predicted molar refractivity (Wildman–Crippen MR) is 127 cm³/mol. The number of alkyl halides is 2. The first kappa shape index (κ1) is 25.6. The maximum atomic E-state index is 13.8. The SMILES string of the molecule is CCON=C(c1ccc(F)c(F)c1)c1ccc(CN2CCC(c3ccc(=O)n(C(F)F)c3)CC2)cn1. The lowest BCUT2D eigenvalue weighted by molar-refractivity contribution is 0.0658. The van der Waals surface area contributed by atoms with Gasteiger partial charge in [0.2, 0.25) is 0 Å². The van der Waals surface area contributed by atoms with Crippen molar-refractivity contribution in [3.63, 3.8) is 0 Å². The topological polar surface area (TPSA) is 59.7 Å². The van der Waals surface area contributed by atoms with Crippen molar-refractivity contribution in [1.29, 1.82) is 0 Å². The first-order valence-corrected chi connectivity index (χ1v) is 11.7. The molecule has 0 amide bonds. The van der Waals surface area contributed by atoms with Crippen LogP contribution < -0.4 is 5.56 Å². The van der Waals surface area contributed by atoms with Crippen LogP contribution in [0.1, 0.15) is 54.6 Å². The maximum Gasteiger partial charge on any atom is 0.321 e. The molecule has 0 saturated carbocycles. The van der Waals surface area contributed by atoms with Gasteiger partial charge < -0.3 is 4.84 Å². The molecule has 2 aromatic heterocycles. The van der Waals surface area contributed by atoms with Crippen LogP contribution >= 0.6 is 0 Å². The number of nitrogens with zero attached hydrogens (tertiary/aromatic N) is 4. The highest BCUT2D eigenvalue weighted by Gasteiger charge is 2.22. The van der Waals surface area contributed by atoms with Crippen LogP contribution in [0, 0.1) is 11.6 Å². The number of pyridine rings is 2. The maximum absolute atomic E-state index is 13.8. The molecule has 1 aliphatic rings. The molecule has 1 aromatic carbocycles. The highest BCUT2D eigenvalue weighted by Crippen LogP contribution is 2.28. The van der Waals surface area contributed by atoms with Gasteiger partial charge in [0.05, 0.1) is 5.69 Å². The molecule has 3 aromatic rings. The first-order valence-electron chi connectivity index (χ1n) is 11.7. The minimum absolute atomic E-state index is 0.112. The van der Waals surface area contributed by atoms with Gasteiger partial charge in [-0.25, -0.2) is 8.78 Å². The molecule has 10 heteroatoms. The van der Waals surface area contributed by atoms with E-state index in [2.05, 4.69) is 15.0 Å². The summed E-state index contributed by atoms with van der Waals surface area (Å²) in [5, 5.41) is 4.04. The lowest BCUT2D eigenvalue weighted by Crippen LogP contribution is -2.33. The molecule has 0 atom stereocenters. The van der Waals surface area contributed by atoms with Crippen molar-refractivity contribution in [1.82, 2.24) is 14.5 Å². The number of oxime groups is 1. The number of aromatic nitrogens is 2. The highest BCUT2D eigenvalue weighted by molar-refractivity contribution is 6.11. The van der Waals surface area contributed by atoms with Crippen molar-refractivity contribution in [3.05, 3.63) is 99.2 Å². The Morgan fingerprint density at radius 1 is 1.11 bits per heavy atom. The second kappa shape index (κ2) is 11.5. The van der Waals surface area contributed by atoms with Gasteiger partial charge in [0.25, 0.3) is 5.56 Å². The van der Waals surface area contributed by atoms with Gasteiger partial charge >= 0.3 is 6.55 Å². The standard InChI is InChI=1S/C26H26F4N4O2/c1-2-36-32-25(19-4-6-21(27)22(28)13-19)23-7-3-17(14-31-23)15-33-11-9-18(10-12-33)20-5-8-24(35)34(16-20)26(29)30/h3-8,13-14,16,18,26H,2,9-12,15H2,1H3. The summed E-state index contributed by atoms with van der Waals surface area (Å²) in [6.07, 6.45) is 4.55. The molecular formula is C26H26F4N4O2. The third-order valence-corrected chi connectivity index (χ3v) is 6.18. The summed E-state index contributed by atoms with van der Waals surface area (Å²) < 4.78 is 53.7. The molecule has 0 radical (unpaired) electrons. The molecule has 0 unspecified atom stereocenters. The highest BCUT2D eigenvalue weighted by atomic mass is 19.3. The summed E-state index contributed by atoms with van der Waals surface area (Å²) in [5.41, 5.74) is 2.12. The fourth-order valence-corrected chi connectivity index (χ4v) is 4.28. The number of piperidine rings is 1. The van der Waals surface area contributed by atoms with Crippen molar-refractivity contribution >= 4 is 5.71 Å². The lowest BCUT2D eigenvalue weighted by atomic mass is 9.90. The van der Waals surface area contributed by atoms with E-state index in [1.807, 2.05) is 6.07 Å². The molecule has 0 spiro atoms. The van der Waals surface area contributed by atoms with Crippen LogP contribution in [0.25, 0.3) is 0 Å². The van der Waals surface area contributed by atoms with E-state index in [0.717, 1.165) is 49.2 Å². The van der Waals surface area contributed by atoms with Gasteiger partial charge in [-0.1, -0.05) is 17.3 Å². The monoisotopic (exact) mass is 502 g/mol. The van der Waals surface area contributed by atoms with Gasteiger partial charge in [0, 0.05) is 30.6 Å². The Morgan fingerprint density at radius 2 is 1.89 bits per heavy atom. The first-order chi connectivity index (χ1) is 17.4. The van der Waals surface area contributed by atoms with E-state index >= 15 is 0 Å². The van der Waals surface area contributed by atoms with E-state index < -0.39 is 23.7 Å². The summed E-state index contributed by atoms with van der Waals surface area (Å²) in [7, 11) is 0. The normalized spacial score (nSPS) is 15.4. The van der Waals surface area contributed by atoms with E-state index in [1.165, 1.54) is 18.3 Å². The zero-order valence-electron chi connectivity index (χ0n) is 19.7. The number of likely N-dealkylation sites (tertiary alicyclic amines) is 1. The number of rotatable bonds is 8. The van der Waals surface area contributed by atoms with Gasteiger partial charge in [0.15, 0.2) is 11.6 Å². The summed E-state index contributed by atoms with van der Waals surface area (Å²) in [5.74, 6) is -1.82. The largest absolute Gasteiger partial charge is 0.396 e. The van der Waals surface area contributed by atoms with Gasteiger partial charge in [-0.15, -0.1) is 0 Å². The molecule has 36 heavy (non-hydrogen) atoms. The fourth-order valence-electron chi connectivity index (χ4n) is 4.28. The van der Waals surface area contributed by atoms with Crippen LogP contribution in [-0.4, -0.2) is 39.9 Å². The van der Waals surface area contributed by atoms with Crippen molar-refractivity contribution in [2.24, 2.45) is 5.16 Å². The van der Waals surface area contributed by atoms with E-state index in [1.54, 1.807) is 25.3 Å². The van der Waals surface area contributed by atoms with Gasteiger partial charge in [-0.05, 0) is 74.2 Å². The molecule has 190 valence electrons. The minimum Gasteiger partial charge on any atom is -0.396 e. The second-order valence-corrected chi connectivity index (χ2v) is 8.57. The molecule has 3 heterocycles. The summed E-state index contributed by atoms with van der Waals surface area (Å²) in [6, 6.07) is 10.0. The van der Waals surface area contributed by atoms with Gasteiger partial charge in [0.1, 0.15) is 12.3 Å². The zero-order chi connectivity index (χ0) is 25.7. The summed E-state index contributed by atoms with van der Waals surface area (Å²) in [6.45, 7) is 1.42. The third-order valence-electron chi connectivity index (χ3n) is 6.18. The van der Waals surface area contributed by atoms with Crippen molar-refractivity contribution < 1.29 is 22.4 Å². The third kappa shape index (κ3) is 5.99. The molecule has 1 saturated heterocycles. The minimum atomic E-state index is -2.85. The van der Waals surface area contributed by atoms with Crippen molar-refractivity contribution in [3.8, 4) is 0 Å². The average Bonchev–Trinajstić information content (AvgIpc) is 2.88. The number of hydrogen-bond acceptors (Lipinski definition) is 5. The molecule has 1 aliphatic heterocycles. The predicted octanol–water partition coefficient (Wildman–Crippen LogP) is 5.09. The molecular weight excluding hydrogens is 476 g/mol. The number of halogens is 4. The number of benzene rings is 1. The van der Waals surface area contributed by atoms with Crippen LogP contribution in [-0.2, 0) is 11.4 Å². The Hall–Kier alpha value is -3.53. The fraction of sp³-hybridized carbons (Fsp3) is 0.346. The summed E-state index contributed by atoms with van der Waals surface area (Å²) >= 11 is 0. The van der Waals surface area contributed by atoms with E-state index in [9.17, 15) is 22.4 Å². The summed E-state index contributed by atoms with van der Waals surface area (Å²) in [4.78, 5) is 23.5. The van der Waals surface area contributed by atoms with Crippen LogP contribution in [0.15, 0.2) is 64.8 Å². The Bertz CT molecular complexity index is 1270. The molecule has 6 nitrogen and oxygen atoms in total. The Morgan fingerprint density at radius 3 is 2.53 bits per heavy atom. The Kier molecular flexibility index (Phi) is 8.14. The van der Waals surface area contributed by atoms with Crippen LogP contribution in [0.5, 0.6) is 0 Å². The van der Waals surface area contributed by atoms with Gasteiger partial charge in [-0.2, -0.15) is 8.78 Å². The smallest absolute Gasteiger partial charge is 0.321 e. The molecule has 1 fully saturated rings. The molecule has 0 bridgehead atoms. The van der Waals surface area contributed by atoms with E-state index in [-0.39, 0.29) is 5.92 Å². The van der Waals surface area contributed by atoms with Crippen LogP contribution in [0.2, 0.25) is 0 Å². The Labute approximate surface area is 205 Å². The van der Waals surface area contributed by atoms with E-state index in [0.29, 0.717) is 34.7 Å².